The molecule has 0 radical (unpaired) electrons. The third kappa shape index (κ3) is 3.61. The van der Waals surface area contributed by atoms with Gasteiger partial charge in [-0.15, -0.1) is 0 Å². The second kappa shape index (κ2) is 8.02. The van der Waals surface area contributed by atoms with Gasteiger partial charge >= 0.3 is 0 Å². The fraction of sp³-hybridized carbons (Fsp3) is 0.833. The van der Waals surface area contributed by atoms with E-state index in [1.165, 1.54) is 5.57 Å². The molecule has 3 saturated carbocycles. The Morgan fingerprint density at radius 1 is 1.03 bits per heavy atom. The first-order valence-electron chi connectivity index (χ1n) is 13.5. The molecule has 4 aliphatic carbocycles. The van der Waals surface area contributed by atoms with E-state index in [4.69, 9.17) is 0 Å². The maximum atomic E-state index is 14.0. The van der Waals surface area contributed by atoms with Crippen LogP contribution in [0.1, 0.15) is 93.9 Å². The van der Waals surface area contributed by atoms with Crippen molar-refractivity contribution in [3.63, 3.8) is 0 Å². The number of hydrogen-bond acceptors (Lipinski definition) is 4. The summed E-state index contributed by atoms with van der Waals surface area (Å²) in [6.45, 7) is 16.9. The highest BCUT2D eigenvalue weighted by Gasteiger charge is 2.69. The smallest absolute Gasteiger partial charge is 0.159 e. The number of carbonyl (C=O) groups excluding carboxylic acids is 1. The second-order valence-electron chi connectivity index (χ2n) is 14.2. The molecule has 4 rings (SSSR count). The molecule has 0 amide bonds. The largest absolute Gasteiger partial charge is 0.392 e. The van der Waals surface area contributed by atoms with Gasteiger partial charge in [-0.1, -0.05) is 59.3 Å². The summed E-state index contributed by atoms with van der Waals surface area (Å²) in [5.41, 5.74) is -0.329. The molecule has 3 fully saturated rings. The molecule has 0 saturated heterocycles. The maximum Gasteiger partial charge on any atom is 0.159 e. The van der Waals surface area contributed by atoms with Crippen LogP contribution in [0.2, 0.25) is 0 Å². The number of carbonyl (C=O) groups is 1. The van der Waals surface area contributed by atoms with Gasteiger partial charge in [0.15, 0.2) is 5.78 Å². The number of rotatable bonds is 4. The van der Waals surface area contributed by atoms with Gasteiger partial charge < -0.3 is 15.3 Å². The van der Waals surface area contributed by atoms with Gasteiger partial charge in [-0.3, -0.25) is 4.79 Å². The van der Waals surface area contributed by atoms with Gasteiger partial charge in [0.25, 0.3) is 0 Å². The molecule has 4 aliphatic rings. The Labute approximate surface area is 206 Å². The van der Waals surface area contributed by atoms with Crippen molar-refractivity contribution in [1.82, 2.24) is 0 Å². The van der Waals surface area contributed by atoms with E-state index in [0.717, 1.165) is 38.5 Å². The lowest BCUT2D eigenvalue weighted by atomic mass is 9.39. The Balaban J connectivity index is 1.69. The summed E-state index contributed by atoms with van der Waals surface area (Å²) in [7, 11) is 0. The molecule has 0 aromatic heterocycles. The van der Waals surface area contributed by atoms with Gasteiger partial charge in [-0.2, -0.15) is 0 Å². The van der Waals surface area contributed by atoms with Gasteiger partial charge in [0.05, 0.1) is 17.8 Å². The van der Waals surface area contributed by atoms with Crippen molar-refractivity contribution >= 4 is 5.78 Å². The van der Waals surface area contributed by atoms with Gasteiger partial charge in [-0.25, -0.2) is 0 Å². The van der Waals surface area contributed by atoms with Crippen LogP contribution in [0.4, 0.5) is 0 Å². The minimum atomic E-state index is -0.943. The van der Waals surface area contributed by atoms with Crippen LogP contribution in [0.5, 0.6) is 0 Å². The molecule has 0 heterocycles. The Hall–Kier alpha value is -0.970. The summed E-state index contributed by atoms with van der Waals surface area (Å²) in [5.74, 6) is 0.987. The standard InChI is InChI=1S/C30H48O4/c1-18(22(31)12-13-26(2,3)34)19-11-14-30(8)25-23(32)17-21-20(9-10-24(33)27(21,4)5)28(25,6)15-16-29(19,30)7/h12-13,17-20,22,24-25,31,33-34H,9-11,14-16H2,1-8H3/b13-12+. The summed E-state index contributed by atoms with van der Waals surface area (Å²) in [6, 6.07) is 0. The highest BCUT2D eigenvalue weighted by atomic mass is 16.3. The second-order valence-corrected chi connectivity index (χ2v) is 14.2. The molecule has 0 aromatic rings. The molecule has 9 atom stereocenters. The van der Waals surface area contributed by atoms with Crippen LogP contribution in [0.25, 0.3) is 0 Å². The normalized spacial score (nSPS) is 45.9. The van der Waals surface area contributed by atoms with Crippen LogP contribution >= 0.6 is 0 Å². The summed E-state index contributed by atoms with van der Waals surface area (Å²) in [4.78, 5) is 14.0. The number of hydrogen-bond donors (Lipinski definition) is 3. The van der Waals surface area contributed by atoms with Crippen LogP contribution in [0.3, 0.4) is 0 Å². The molecule has 4 heteroatoms. The average Bonchev–Trinajstić information content (AvgIpc) is 2.99. The average molecular weight is 473 g/mol. The zero-order valence-electron chi connectivity index (χ0n) is 22.7. The predicted octanol–water partition coefficient (Wildman–Crippen LogP) is 5.46. The zero-order chi connectivity index (χ0) is 25.5. The monoisotopic (exact) mass is 472 g/mol. The number of aliphatic hydroxyl groups excluding tert-OH is 2. The van der Waals surface area contributed by atoms with Crippen molar-refractivity contribution in [3.05, 3.63) is 23.8 Å². The molecular formula is C30H48O4. The lowest BCUT2D eigenvalue weighted by molar-refractivity contribution is -0.165. The van der Waals surface area contributed by atoms with Crippen molar-refractivity contribution in [2.24, 2.45) is 45.3 Å². The fourth-order valence-electron chi connectivity index (χ4n) is 9.12. The van der Waals surface area contributed by atoms with E-state index in [-0.39, 0.29) is 45.4 Å². The van der Waals surface area contributed by atoms with Gasteiger partial charge in [-0.05, 0) is 92.4 Å². The molecule has 0 spiro atoms. The number of allylic oxidation sites excluding steroid dienone is 1. The van der Waals surface area contributed by atoms with E-state index >= 15 is 0 Å². The molecule has 192 valence electrons. The maximum absolute atomic E-state index is 14.0. The van der Waals surface area contributed by atoms with Crippen LogP contribution in [-0.2, 0) is 4.79 Å². The van der Waals surface area contributed by atoms with Crippen LogP contribution in [-0.4, -0.2) is 38.9 Å². The van der Waals surface area contributed by atoms with Gasteiger partial charge in [0.2, 0.25) is 0 Å². The minimum absolute atomic E-state index is 0.0141. The number of aliphatic hydroxyl groups is 3. The topological polar surface area (TPSA) is 77.8 Å². The first-order valence-corrected chi connectivity index (χ1v) is 13.5. The molecule has 9 unspecified atom stereocenters. The minimum Gasteiger partial charge on any atom is -0.392 e. The first kappa shape index (κ1) is 26.1. The number of fused-ring (bicyclic) bond motifs is 5. The lowest BCUT2D eigenvalue weighted by Crippen LogP contribution is -2.62. The molecule has 0 aliphatic heterocycles. The Morgan fingerprint density at radius 3 is 2.29 bits per heavy atom. The van der Waals surface area contributed by atoms with Crippen molar-refractivity contribution < 1.29 is 20.1 Å². The summed E-state index contributed by atoms with van der Waals surface area (Å²) in [5, 5.41) is 31.8. The highest BCUT2D eigenvalue weighted by Crippen LogP contribution is 2.74. The molecule has 3 N–H and O–H groups in total. The summed E-state index contributed by atoms with van der Waals surface area (Å²) < 4.78 is 0. The van der Waals surface area contributed by atoms with E-state index in [1.807, 2.05) is 6.08 Å². The van der Waals surface area contributed by atoms with Crippen LogP contribution in [0.15, 0.2) is 23.8 Å². The van der Waals surface area contributed by atoms with Crippen molar-refractivity contribution in [3.8, 4) is 0 Å². The number of ketones is 1. The highest BCUT2D eigenvalue weighted by molar-refractivity contribution is 5.95. The zero-order valence-corrected chi connectivity index (χ0v) is 22.7. The van der Waals surface area contributed by atoms with Gasteiger partial charge in [0.1, 0.15) is 0 Å². The quantitative estimate of drug-likeness (QED) is 0.475. The van der Waals surface area contributed by atoms with Gasteiger partial charge in [0, 0.05) is 11.3 Å². The van der Waals surface area contributed by atoms with E-state index in [1.54, 1.807) is 26.0 Å². The Kier molecular flexibility index (Phi) is 6.15. The lowest BCUT2D eigenvalue weighted by Gasteiger charge is -2.65. The molecule has 34 heavy (non-hydrogen) atoms. The Bertz CT molecular complexity index is 894. The van der Waals surface area contributed by atoms with E-state index < -0.39 is 11.7 Å². The van der Waals surface area contributed by atoms with E-state index in [9.17, 15) is 20.1 Å². The molecule has 4 nitrogen and oxygen atoms in total. The molecular weight excluding hydrogens is 424 g/mol. The van der Waals surface area contributed by atoms with Crippen LogP contribution < -0.4 is 0 Å². The third-order valence-corrected chi connectivity index (χ3v) is 11.5. The van der Waals surface area contributed by atoms with Crippen molar-refractivity contribution in [1.29, 1.82) is 0 Å². The molecule has 0 aromatic carbocycles. The SMILES string of the molecule is CC(C(O)/C=C/C(C)(C)O)C1CCC2(C)C3C(=O)C=C4C(CCC(O)C4(C)C)C3(C)CCC12C. The Morgan fingerprint density at radius 2 is 1.68 bits per heavy atom. The molecule has 0 bridgehead atoms. The summed E-state index contributed by atoms with van der Waals surface area (Å²) >= 11 is 0. The van der Waals surface area contributed by atoms with Crippen molar-refractivity contribution in [2.75, 3.05) is 0 Å². The van der Waals surface area contributed by atoms with Crippen LogP contribution in [0, 0.1) is 45.3 Å². The van der Waals surface area contributed by atoms with Crippen molar-refractivity contribution in [2.45, 2.75) is 112 Å². The predicted molar refractivity (Wildman–Crippen MR) is 136 cm³/mol. The fourth-order valence-corrected chi connectivity index (χ4v) is 9.12. The van der Waals surface area contributed by atoms with E-state index in [0.29, 0.717) is 11.8 Å². The first-order chi connectivity index (χ1) is 15.5. The van der Waals surface area contributed by atoms with E-state index in [2.05, 4.69) is 41.5 Å². The summed E-state index contributed by atoms with van der Waals surface area (Å²) in [6.07, 6.45) is 10.3. The third-order valence-electron chi connectivity index (χ3n) is 11.5.